The molecule has 5 heteroatoms. The molecule has 2 N–H and O–H groups in total. The molecule has 0 aromatic heterocycles. The van der Waals surface area contributed by atoms with E-state index in [4.69, 9.17) is 16.7 Å². The third-order valence-corrected chi connectivity index (χ3v) is 2.34. The van der Waals surface area contributed by atoms with Crippen LogP contribution < -0.4 is 5.32 Å². The van der Waals surface area contributed by atoms with Crippen molar-refractivity contribution in [2.75, 3.05) is 0 Å². The average Bonchev–Trinajstić information content (AvgIpc) is 2.15. The van der Waals surface area contributed by atoms with E-state index in [0.29, 0.717) is 17.1 Å². The van der Waals surface area contributed by atoms with Crippen molar-refractivity contribution >= 4 is 17.6 Å². The van der Waals surface area contributed by atoms with Gasteiger partial charge in [-0.3, -0.25) is 4.79 Å². The second-order valence-corrected chi connectivity index (χ2v) is 3.58. The Hall–Kier alpha value is -1.13. The lowest BCUT2D eigenvalue weighted by molar-refractivity contribution is -0.139. The van der Waals surface area contributed by atoms with Gasteiger partial charge in [-0.25, -0.2) is 4.39 Å². The van der Waals surface area contributed by atoms with Gasteiger partial charge in [0.25, 0.3) is 0 Å². The largest absolute Gasteiger partial charge is 0.480 e. The van der Waals surface area contributed by atoms with E-state index in [1.54, 1.807) is 0 Å². The molecule has 0 radical (unpaired) electrons. The van der Waals surface area contributed by atoms with Crippen molar-refractivity contribution in [2.24, 2.45) is 0 Å². The van der Waals surface area contributed by atoms with Crippen molar-refractivity contribution in [1.29, 1.82) is 0 Å². The number of carboxylic acid groups (broad SMARTS) is 1. The summed E-state index contributed by atoms with van der Waals surface area (Å²) in [5, 5.41) is 11.7. The van der Waals surface area contributed by atoms with Crippen LogP contribution in [0.3, 0.4) is 0 Å². The number of halogens is 2. The SMILES string of the molecule is CC(NCc1ccc(F)cc1Cl)C(=O)O. The van der Waals surface area contributed by atoms with Crippen LogP contribution in [0, 0.1) is 5.82 Å². The number of hydrogen-bond donors (Lipinski definition) is 2. The van der Waals surface area contributed by atoms with Gasteiger partial charge in [0.1, 0.15) is 11.9 Å². The third kappa shape index (κ3) is 3.49. The molecule has 1 aromatic rings. The second kappa shape index (κ2) is 5.09. The van der Waals surface area contributed by atoms with Crippen LogP contribution in [0.4, 0.5) is 4.39 Å². The first kappa shape index (κ1) is 11.9. The summed E-state index contributed by atoms with van der Waals surface area (Å²) in [4.78, 5) is 10.5. The van der Waals surface area contributed by atoms with E-state index in [9.17, 15) is 9.18 Å². The van der Waals surface area contributed by atoms with Crippen molar-refractivity contribution in [3.63, 3.8) is 0 Å². The van der Waals surface area contributed by atoms with Gasteiger partial charge < -0.3 is 10.4 Å². The van der Waals surface area contributed by atoms with E-state index >= 15 is 0 Å². The van der Waals surface area contributed by atoms with Gasteiger partial charge in [0.05, 0.1) is 0 Å². The molecule has 0 aliphatic rings. The highest BCUT2D eigenvalue weighted by atomic mass is 35.5. The van der Waals surface area contributed by atoms with E-state index in [1.165, 1.54) is 25.1 Å². The Bertz CT molecular complexity index is 370. The van der Waals surface area contributed by atoms with Crippen LogP contribution in [0.25, 0.3) is 0 Å². The predicted molar refractivity (Wildman–Crippen MR) is 55.3 cm³/mol. The zero-order valence-corrected chi connectivity index (χ0v) is 8.88. The van der Waals surface area contributed by atoms with Gasteiger partial charge in [-0.05, 0) is 24.6 Å². The molecule has 0 amide bonds. The Balaban J connectivity index is 2.62. The Morgan fingerprint density at radius 3 is 2.87 bits per heavy atom. The number of aliphatic carboxylic acids is 1. The van der Waals surface area contributed by atoms with E-state index in [2.05, 4.69) is 5.32 Å². The summed E-state index contributed by atoms with van der Waals surface area (Å²) >= 11 is 5.77. The molecule has 0 fully saturated rings. The van der Waals surface area contributed by atoms with Gasteiger partial charge in [0.15, 0.2) is 0 Å². The number of nitrogens with one attached hydrogen (secondary N) is 1. The fraction of sp³-hybridized carbons (Fsp3) is 0.300. The van der Waals surface area contributed by atoms with E-state index in [0.717, 1.165) is 0 Å². The topological polar surface area (TPSA) is 49.3 Å². The molecule has 0 aliphatic carbocycles. The Labute approximate surface area is 91.9 Å². The van der Waals surface area contributed by atoms with Crippen LogP contribution in [-0.4, -0.2) is 17.1 Å². The lowest BCUT2D eigenvalue weighted by atomic mass is 10.2. The lowest BCUT2D eigenvalue weighted by Crippen LogP contribution is -2.33. The van der Waals surface area contributed by atoms with Crippen LogP contribution in [0.5, 0.6) is 0 Å². The minimum atomic E-state index is -0.937. The Morgan fingerprint density at radius 2 is 2.33 bits per heavy atom. The molecule has 1 aromatic carbocycles. The third-order valence-electron chi connectivity index (χ3n) is 1.98. The summed E-state index contributed by atoms with van der Waals surface area (Å²) in [6, 6.07) is 3.35. The van der Waals surface area contributed by atoms with E-state index < -0.39 is 17.8 Å². The fourth-order valence-electron chi connectivity index (χ4n) is 1.02. The number of carbonyl (C=O) groups is 1. The van der Waals surface area contributed by atoms with Gasteiger partial charge in [-0.2, -0.15) is 0 Å². The summed E-state index contributed by atoms with van der Waals surface area (Å²) in [5.74, 6) is -1.34. The molecule has 0 heterocycles. The van der Waals surface area contributed by atoms with Crippen LogP contribution in [0.1, 0.15) is 12.5 Å². The van der Waals surface area contributed by atoms with Crippen LogP contribution in [0.2, 0.25) is 5.02 Å². The van der Waals surface area contributed by atoms with Crippen molar-refractivity contribution in [3.8, 4) is 0 Å². The van der Waals surface area contributed by atoms with Crippen molar-refractivity contribution < 1.29 is 14.3 Å². The van der Waals surface area contributed by atoms with Gasteiger partial charge in [0, 0.05) is 11.6 Å². The minimum absolute atomic E-state index is 0.292. The van der Waals surface area contributed by atoms with Crippen molar-refractivity contribution in [1.82, 2.24) is 5.32 Å². The highest BCUT2D eigenvalue weighted by Crippen LogP contribution is 2.16. The molecule has 0 spiro atoms. The molecule has 0 bridgehead atoms. The summed E-state index contributed by atoms with van der Waals surface area (Å²) in [6.45, 7) is 1.83. The molecule has 1 unspecified atom stereocenters. The quantitative estimate of drug-likeness (QED) is 0.834. The molecule has 0 saturated carbocycles. The van der Waals surface area contributed by atoms with Gasteiger partial charge >= 0.3 is 5.97 Å². The molecule has 15 heavy (non-hydrogen) atoms. The van der Waals surface area contributed by atoms with Gasteiger partial charge in [-0.15, -0.1) is 0 Å². The maximum Gasteiger partial charge on any atom is 0.320 e. The van der Waals surface area contributed by atoms with Crippen LogP contribution in [-0.2, 0) is 11.3 Å². The molecule has 1 rings (SSSR count). The summed E-state index contributed by atoms with van der Waals surface area (Å²) in [5.41, 5.74) is 0.672. The number of benzene rings is 1. The Kier molecular flexibility index (Phi) is 4.05. The average molecular weight is 232 g/mol. The van der Waals surface area contributed by atoms with Crippen LogP contribution >= 0.6 is 11.6 Å². The standard InChI is InChI=1S/C10H11ClFNO2/c1-6(10(14)15)13-5-7-2-3-8(12)4-9(7)11/h2-4,6,13H,5H2,1H3,(H,14,15). The maximum absolute atomic E-state index is 12.7. The maximum atomic E-state index is 12.7. The second-order valence-electron chi connectivity index (χ2n) is 3.18. The lowest BCUT2D eigenvalue weighted by Gasteiger charge is -2.10. The molecular formula is C10H11ClFNO2. The van der Waals surface area contributed by atoms with Crippen molar-refractivity contribution in [3.05, 3.63) is 34.6 Å². The summed E-state index contributed by atoms with van der Waals surface area (Å²) in [6.07, 6.45) is 0. The normalized spacial score (nSPS) is 12.5. The number of hydrogen-bond acceptors (Lipinski definition) is 2. The van der Waals surface area contributed by atoms with Gasteiger partial charge in [-0.1, -0.05) is 17.7 Å². The number of rotatable bonds is 4. The number of carboxylic acids is 1. The zero-order chi connectivity index (χ0) is 11.4. The van der Waals surface area contributed by atoms with Crippen molar-refractivity contribution in [2.45, 2.75) is 19.5 Å². The van der Waals surface area contributed by atoms with E-state index in [1.807, 2.05) is 0 Å². The smallest absolute Gasteiger partial charge is 0.320 e. The Morgan fingerprint density at radius 1 is 1.67 bits per heavy atom. The predicted octanol–water partition coefficient (Wildman–Crippen LogP) is 2.04. The first-order valence-electron chi connectivity index (χ1n) is 4.41. The molecular weight excluding hydrogens is 221 g/mol. The molecule has 3 nitrogen and oxygen atoms in total. The first-order chi connectivity index (χ1) is 7.00. The molecule has 0 aliphatic heterocycles. The minimum Gasteiger partial charge on any atom is -0.480 e. The van der Waals surface area contributed by atoms with Crippen LogP contribution in [0.15, 0.2) is 18.2 Å². The van der Waals surface area contributed by atoms with E-state index in [-0.39, 0.29) is 0 Å². The fourth-order valence-corrected chi connectivity index (χ4v) is 1.25. The van der Waals surface area contributed by atoms with Gasteiger partial charge in [0.2, 0.25) is 0 Å². The highest BCUT2D eigenvalue weighted by molar-refractivity contribution is 6.31. The zero-order valence-electron chi connectivity index (χ0n) is 8.13. The molecule has 0 saturated heterocycles. The monoisotopic (exact) mass is 231 g/mol. The summed E-state index contributed by atoms with van der Waals surface area (Å²) in [7, 11) is 0. The summed E-state index contributed by atoms with van der Waals surface area (Å²) < 4.78 is 12.7. The molecule has 1 atom stereocenters. The molecule has 82 valence electrons. The first-order valence-corrected chi connectivity index (χ1v) is 4.78. The highest BCUT2D eigenvalue weighted by Gasteiger charge is 2.10.